The molecule has 1 saturated carbocycles. The van der Waals surface area contributed by atoms with E-state index in [9.17, 15) is 4.79 Å². The molecule has 3 aliphatic rings. The minimum atomic E-state index is -0.127. The number of likely N-dealkylation sites (tertiary alicyclic amines) is 1. The Labute approximate surface area is 164 Å². The first-order valence-electron chi connectivity index (χ1n) is 9.82. The van der Waals surface area contributed by atoms with Crippen LogP contribution < -0.4 is 16.4 Å². The van der Waals surface area contributed by atoms with Gasteiger partial charge in [0.25, 0.3) is 0 Å². The fraction of sp³-hybridized carbons (Fsp3) is 0.429. The number of hydrogen-bond donors (Lipinski definition) is 3. The zero-order valence-corrected chi connectivity index (χ0v) is 15.9. The second-order valence-corrected chi connectivity index (χ2v) is 8.09. The average molecular weight is 379 g/mol. The minimum Gasteiger partial charge on any atom is -0.396 e. The topological polar surface area (TPSA) is 92.5 Å². The van der Waals surface area contributed by atoms with E-state index >= 15 is 0 Å². The number of nitrogens with one attached hydrogen (secondary N) is 2. The lowest BCUT2D eigenvalue weighted by atomic mass is 10.1. The number of aryl methyl sites for hydroxylation is 1. The molecule has 2 aliphatic heterocycles. The molecule has 0 radical (unpaired) electrons. The van der Waals surface area contributed by atoms with E-state index in [2.05, 4.69) is 15.6 Å². The van der Waals surface area contributed by atoms with Gasteiger partial charge in [-0.3, -0.25) is 5.32 Å². The van der Waals surface area contributed by atoms with Gasteiger partial charge in [-0.25, -0.2) is 9.78 Å². The first-order valence-corrected chi connectivity index (χ1v) is 9.82. The predicted octanol–water partition coefficient (Wildman–Crippen LogP) is 2.09. The summed E-state index contributed by atoms with van der Waals surface area (Å²) in [4.78, 5) is 19.1. The standard InChI is InChI=1S/C21H25N5O2/c1-12-2-4-13(5-3-12)18-7-6-17(22)20(24-18)25-21(27)26-8-15-16(9-26)19(15)23-14-10-28-11-14/h2-7,14-16,19,23H,8-11,22H2,1H3,(H,24,25,27)/t15-,16+,19?. The molecule has 0 bridgehead atoms. The molecule has 1 unspecified atom stereocenters. The van der Waals surface area contributed by atoms with E-state index in [1.807, 2.05) is 42.2 Å². The van der Waals surface area contributed by atoms with Crippen molar-refractivity contribution in [3.8, 4) is 11.3 Å². The van der Waals surface area contributed by atoms with Gasteiger partial charge < -0.3 is 20.7 Å². The number of benzene rings is 1. The molecule has 3 fully saturated rings. The maximum Gasteiger partial charge on any atom is 0.323 e. The van der Waals surface area contributed by atoms with Gasteiger partial charge in [0.2, 0.25) is 0 Å². The molecule has 1 aliphatic carbocycles. The number of nitrogens with two attached hydrogens (primary N) is 1. The number of aromatic nitrogens is 1. The van der Waals surface area contributed by atoms with Crippen molar-refractivity contribution < 1.29 is 9.53 Å². The first-order chi connectivity index (χ1) is 13.6. The maximum absolute atomic E-state index is 12.7. The Balaban J connectivity index is 1.22. The molecule has 3 heterocycles. The van der Waals surface area contributed by atoms with E-state index in [-0.39, 0.29) is 6.03 Å². The van der Waals surface area contributed by atoms with Crippen molar-refractivity contribution >= 4 is 17.5 Å². The van der Waals surface area contributed by atoms with Crippen molar-refractivity contribution in [2.24, 2.45) is 11.8 Å². The highest BCUT2D eigenvalue weighted by molar-refractivity contribution is 5.92. The summed E-state index contributed by atoms with van der Waals surface area (Å²) in [5.41, 5.74) is 9.51. The summed E-state index contributed by atoms with van der Waals surface area (Å²) in [6, 6.07) is 12.7. The Kier molecular flexibility index (Phi) is 4.21. The van der Waals surface area contributed by atoms with Crippen LogP contribution >= 0.6 is 0 Å². The molecule has 7 nitrogen and oxygen atoms in total. The van der Waals surface area contributed by atoms with E-state index in [1.165, 1.54) is 5.56 Å². The molecule has 2 saturated heterocycles. The van der Waals surface area contributed by atoms with Crippen molar-refractivity contribution in [3.05, 3.63) is 42.0 Å². The van der Waals surface area contributed by atoms with Crippen LogP contribution in [0.2, 0.25) is 0 Å². The van der Waals surface area contributed by atoms with Crippen molar-refractivity contribution in [1.82, 2.24) is 15.2 Å². The lowest BCUT2D eigenvalue weighted by Crippen LogP contribution is -2.49. The Bertz CT molecular complexity index is 884. The number of ether oxygens (including phenoxy) is 1. The largest absolute Gasteiger partial charge is 0.396 e. The quantitative estimate of drug-likeness (QED) is 0.756. The molecule has 3 atom stereocenters. The molecule has 4 N–H and O–H groups in total. The summed E-state index contributed by atoms with van der Waals surface area (Å²) < 4.78 is 5.21. The number of hydrogen-bond acceptors (Lipinski definition) is 5. The number of nitrogens with zero attached hydrogens (tertiary/aromatic N) is 2. The van der Waals surface area contributed by atoms with Gasteiger partial charge >= 0.3 is 6.03 Å². The predicted molar refractivity (Wildman–Crippen MR) is 108 cm³/mol. The summed E-state index contributed by atoms with van der Waals surface area (Å²) in [7, 11) is 0. The number of amides is 2. The Morgan fingerprint density at radius 3 is 2.50 bits per heavy atom. The second kappa shape index (κ2) is 6.76. The van der Waals surface area contributed by atoms with E-state index in [1.54, 1.807) is 6.07 Å². The summed E-state index contributed by atoms with van der Waals surface area (Å²) >= 11 is 0. The zero-order valence-electron chi connectivity index (χ0n) is 15.9. The Morgan fingerprint density at radius 1 is 1.14 bits per heavy atom. The maximum atomic E-state index is 12.7. The van der Waals surface area contributed by atoms with Crippen LogP contribution in [0, 0.1) is 18.8 Å². The fourth-order valence-electron chi connectivity index (χ4n) is 4.18. The number of urea groups is 1. The van der Waals surface area contributed by atoms with E-state index in [0.717, 1.165) is 37.6 Å². The molecule has 1 aromatic heterocycles. The number of carbonyl (C=O) groups excluding carboxylic acids is 1. The number of carbonyl (C=O) groups is 1. The van der Waals surface area contributed by atoms with Crippen LogP contribution in [0.25, 0.3) is 11.3 Å². The van der Waals surface area contributed by atoms with Crippen molar-refractivity contribution in [2.75, 3.05) is 37.4 Å². The van der Waals surface area contributed by atoms with Crippen LogP contribution in [-0.2, 0) is 4.74 Å². The number of anilines is 2. The van der Waals surface area contributed by atoms with Crippen molar-refractivity contribution in [1.29, 1.82) is 0 Å². The number of fused-ring (bicyclic) bond motifs is 1. The van der Waals surface area contributed by atoms with Gasteiger partial charge in [0, 0.05) is 24.7 Å². The van der Waals surface area contributed by atoms with Crippen molar-refractivity contribution in [2.45, 2.75) is 19.0 Å². The van der Waals surface area contributed by atoms with E-state index < -0.39 is 0 Å². The molecule has 28 heavy (non-hydrogen) atoms. The smallest absolute Gasteiger partial charge is 0.323 e. The van der Waals surface area contributed by atoms with Gasteiger partial charge in [0.15, 0.2) is 5.82 Å². The Hall–Kier alpha value is -2.64. The Morgan fingerprint density at radius 2 is 1.86 bits per heavy atom. The lowest BCUT2D eigenvalue weighted by Gasteiger charge is -2.29. The van der Waals surface area contributed by atoms with Gasteiger partial charge in [-0.05, 0) is 30.9 Å². The SMILES string of the molecule is Cc1ccc(-c2ccc(N)c(NC(=O)N3C[C@@H]4C(NC5COC5)[C@@H]4C3)n2)cc1. The molecule has 146 valence electrons. The van der Waals surface area contributed by atoms with Crippen LogP contribution in [0.4, 0.5) is 16.3 Å². The molecule has 2 amide bonds. The van der Waals surface area contributed by atoms with Crippen LogP contribution in [0.3, 0.4) is 0 Å². The number of nitrogen functional groups attached to an aromatic ring is 1. The summed E-state index contributed by atoms with van der Waals surface area (Å²) in [5, 5.41) is 6.53. The van der Waals surface area contributed by atoms with Crippen molar-refractivity contribution in [3.63, 3.8) is 0 Å². The third-order valence-corrected chi connectivity index (χ3v) is 6.05. The monoisotopic (exact) mass is 379 g/mol. The van der Waals surface area contributed by atoms with Gasteiger partial charge in [0.1, 0.15) is 0 Å². The van der Waals surface area contributed by atoms with E-state index in [0.29, 0.717) is 35.4 Å². The molecule has 0 spiro atoms. The molecule has 7 heteroatoms. The number of piperidine rings is 1. The molecular formula is C21H25N5O2. The summed E-state index contributed by atoms with van der Waals surface area (Å²) in [5.74, 6) is 1.52. The van der Waals surface area contributed by atoms with Crippen LogP contribution in [0.5, 0.6) is 0 Å². The molecule has 1 aromatic carbocycles. The van der Waals surface area contributed by atoms with E-state index in [4.69, 9.17) is 10.5 Å². The number of rotatable bonds is 4. The third kappa shape index (κ3) is 3.21. The lowest BCUT2D eigenvalue weighted by molar-refractivity contribution is -0.00741. The summed E-state index contributed by atoms with van der Waals surface area (Å²) in [6.45, 7) is 5.22. The van der Waals surface area contributed by atoms with Gasteiger partial charge in [-0.1, -0.05) is 29.8 Å². The van der Waals surface area contributed by atoms with Gasteiger partial charge in [0.05, 0.1) is 30.6 Å². The first kappa shape index (κ1) is 17.5. The fourth-order valence-corrected chi connectivity index (χ4v) is 4.18. The molecular weight excluding hydrogens is 354 g/mol. The third-order valence-electron chi connectivity index (χ3n) is 6.05. The highest BCUT2D eigenvalue weighted by atomic mass is 16.5. The molecule has 2 aromatic rings. The zero-order chi connectivity index (χ0) is 19.3. The minimum absolute atomic E-state index is 0.127. The normalized spacial score (nSPS) is 25.9. The second-order valence-electron chi connectivity index (χ2n) is 8.09. The molecule has 5 rings (SSSR count). The van der Waals surface area contributed by atoms with Crippen LogP contribution in [0.15, 0.2) is 36.4 Å². The van der Waals surface area contributed by atoms with Gasteiger partial charge in [-0.2, -0.15) is 0 Å². The average Bonchev–Trinajstić information content (AvgIpc) is 3.08. The highest BCUT2D eigenvalue weighted by Crippen LogP contribution is 2.46. The summed E-state index contributed by atoms with van der Waals surface area (Å²) in [6.07, 6.45) is 0. The number of pyridine rings is 1. The van der Waals surface area contributed by atoms with Crippen LogP contribution in [0.1, 0.15) is 5.56 Å². The van der Waals surface area contributed by atoms with Crippen LogP contribution in [-0.4, -0.2) is 54.3 Å². The highest BCUT2D eigenvalue weighted by Gasteiger charge is 2.57. The van der Waals surface area contributed by atoms with Gasteiger partial charge in [-0.15, -0.1) is 0 Å².